The van der Waals surface area contributed by atoms with Crippen molar-refractivity contribution in [2.24, 2.45) is 0 Å². The monoisotopic (exact) mass is 424 g/mol. The van der Waals surface area contributed by atoms with E-state index in [4.69, 9.17) is 31.0 Å². The Bertz CT molecular complexity index is 1140. The van der Waals surface area contributed by atoms with Gasteiger partial charge in [-0.15, -0.1) is 0 Å². The SMILES string of the molecule is CN1CCN(C(=O)Cc2cc(Cl)c3c(c2)OCCCO3)c2nc3ccccc3nc21. The lowest BCUT2D eigenvalue weighted by molar-refractivity contribution is -0.118. The Hall–Kier alpha value is -3.06. The van der Waals surface area contributed by atoms with Gasteiger partial charge in [0.2, 0.25) is 5.91 Å². The van der Waals surface area contributed by atoms with E-state index in [0.29, 0.717) is 54.5 Å². The van der Waals surface area contributed by atoms with Crippen molar-refractivity contribution < 1.29 is 14.3 Å². The zero-order valence-electron chi connectivity index (χ0n) is 16.6. The minimum absolute atomic E-state index is 0.0560. The summed E-state index contributed by atoms with van der Waals surface area (Å²) in [5.41, 5.74) is 2.36. The van der Waals surface area contributed by atoms with E-state index >= 15 is 0 Å². The van der Waals surface area contributed by atoms with Crippen LogP contribution in [0.5, 0.6) is 11.5 Å². The van der Waals surface area contributed by atoms with Gasteiger partial charge in [-0.05, 0) is 29.8 Å². The van der Waals surface area contributed by atoms with Gasteiger partial charge in [0.25, 0.3) is 0 Å². The Morgan fingerprint density at radius 3 is 2.60 bits per heavy atom. The van der Waals surface area contributed by atoms with Gasteiger partial charge in [0.05, 0.1) is 35.7 Å². The molecule has 3 aromatic rings. The number of aromatic nitrogens is 2. The molecule has 8 heteroatoms. The van der Waals surface area contributed by atoms with Gasteiger partial charge in [-0.25, -0.2) is 9.97 Å². The van der Waals surface area contributed by atoms with Crippen molar-refractivity contribution in [3.05, 3.63) is 47.0 Å². The fourth-order valence-corrected chi connectivity index (χ4v) is 4.07. The van der Waals surface area contributed by atoms with Crippen LogP contribution in [-0.2, 0) is 11.2 Å². The van der Waals surface area contributed by atoms with Crippen LogP contribution in [0.4, 0.5) is 11.6 Å². The fourth-order valence-electron chi connectivity index (χ4n) is 3.78. The smallest absolute Gasteiger partial charge is 0.232 e. The van der Waals surface area contributed by atoms with Crippen molar-refractivity contribution in [2.75, 3.05) is 43.2 Å². The van der Waals surface area contributed by atoms with Crippen molar-refractivity contribution in [3.63, 3.8) is 0 Å². The van der Waals surface area contributed by atoms with Gasteiger partial charge in [-0.2, -0.15) is 0 Å². The molecule has 2 aromatic carbocycles. The molecular formula is C22H21ClN4O3. The lowest BCUT2D eigenvalue weighted by Gasteiger charge is -2.33. The summed E-state index contributed by atoms with van der Waals surface area (Å²) < 4.78 is 11.4. The number of likely N-dealkylation sites (N-methyl/N-ethyl adjacent to an activating group) is 1. The second kappa shape index (κ2) is 7.65. The molecule has 7 nitrogen and oxygen atoms in total. The normalized spacial score (nSPS) is 15.7. The van der Waals surface area contributed by atoms with Crippen LogP contribution in [0.1, 0.15) is 12.0 Å². The Morgan fingerprint density at radius 2 is 1.80 bits per heavy atom. The number of ether oxygens (including phenoxy) is 2. The molecule has 2 aliphatic rings. The number of fused-ring (bicyclic) bond motifs is 3. The molecule has 0 radical (unpaired) electrons. The van der Waals surface area contributed by atoms with Crippen LogP contribution in [0.3, 0.4) is 0 Å². The predicted octanol–water partition coefficient (Wildman–Crippen LogP) is 3.47. The number of halogens is 1. The number of para-hydroxylation sites is 2. The maximum absolute atomic E-state index is 13.2. The first kappa shape index (κ1) is 18.9. The zero-order valence-corrected chi connectivity index (χ0v) is 17.4. The number of carbonyl (C=O) groups excluding carboxylic acids is 1. The van der Waals surface area contributed by atoms with Crippen LogP contribution in [0.25, 0.3) is 11.0 Å². The molecule has 0 unspecified atom stereocenters. The number of rotatable bonds is 2. The van der Waals surface area contributed by atoms with E-state index in [1.54, 1.807) is 11.0 Å². The van der Waals surface area contributed by atoms with Crippen LogP contribution < -0.4 is 19.3 Å². The maximum Gasteiger partial charge on any atom is 0.232 e. The van der Waals surface area contributed by atoms with Gasteiger partial charge in [0, 0.05) is 26.6 Å². The number of nitrogens with zero attached hydrogens (tertiary/aromatic N) is 4. The van der Waals surface area contributed by atoms with Gasteiger partial charge in [-0.3, -0.25) is 9.69 Å². The van der Waals surface area contributed by atoms with Gasteiger partial charge in [-0.1, -0.05) is 23.7 Å². The Balaban J connectivity index is 1.46. The highest BCUT2D eigenvalue weighted by Crippen LogP contribution is 2.38. The van der Waals surface area contributed by atoms with Crippen LogP contribution in [-0.4, -0.2) is 49.2 Å². The molecule has 30 heavy (non-hydrogen) atoms. The molecule has 0 fully saturated rings. The second-order valence-electron chi connectivity index (χ2n) is 7.46. The molecule has 0 saturated heterocycles. The summed E-state index contributed by atoms with van der Waals surface area (Å²) in [4.78, 5) is 26.5. The molecular weight excluding hydrogens is 404 g/mol. The summed E-state index contributed by atoms with van der Waals surface area (Å²) in [6, 6.07) is 11.3. The summed E-state index contributed by atoms with van der Waals surface area (Å²) in [6.45, 7) is 2.37. The lowest BCUT2D eigenvalue weighted by Crippen LogP contribution is -2.44. The molecule has 2 aliphatic heterocycles. The van der Waals surface area contributed by atoms with Crippen molar-refractivity contribution in [2.45, 2.75) is 12.8 Å². The minimum atomic E-state index is -0.0560. The van der Waals surface area contributed by atoms with Gasteiger partial charge in [0.15, 0.2) is 23.1 Å². The third kappa shape index (κ3) is 3.39. The largest absolute Gasteiger partial charge is 0.489 e. The molecule has 5 rings (SSSR count). The highest BCUT2D eigenvalue weighted by atomic mass is 35.5. The predicted molar refractivity (Wildman–Crippen MR) is 116 cm³/mol. The average molecular weight is 425 g/mol. The quantitative estimate of drug-likeness (QED) is 0.627. The Kier molecular flexibility index (Phi) is 4.83. The molecule has 0 N–H and O–H groups in total. The molecule has 0 bridgehead atoms. The second-order valence-corrected chi connectivity index (χ2v) is 7.87. The van der Waals surface area contributed by atoms with Crippen molar-refractivity contribution in [1.82, 2.24) is 9.97 Å². The average Bonchev–Trinajstić information content (AvgIpc) is 2.99. The number of carbonyl (C=O) groups is 1. The minimum Gasteiger partial charge on any atom is -0.489 e. The van der Waals surface area contributed by atoms with E-state index in [-0.39, 0.29) is 12.3 Å². The number of amides is 1. The van der Waals surface area contributed by atoms with E-state index < -0.39 is 0 Å². The van der Waals surface area contributed by atoms with Crippen molar-refractivity contribution in [3.8, 4) is 11.5 Å². The first-order valence-electron chi connectivity index (χ1n) is 9.96. The highest BCUT2D eigenvalue weighted by molar-refractivity contribution is 6.32. The first-order valence-corrected chi connectivity index (χ1v) is 10.3. The van der Waals surface area contributed by atoms with Crippen molar-refractivity contribution in [1.29, 1.82) is 0 Å². The van der Waals surface area contributed by atoms with E-state index in [1.165, 1.54) is 0 Å². The summed E-state index contributed by atoms with van der Waals surface area (Å²) in [5, 5.41) is 0.460. The van der Waals surface area contributed by atoms with Crippen LogP contribution in [0.2, 0.25) is 5.02 Å². The van der Waals surface area contributed by atoms with E-state index in [2.05, 4.69) is 0 Å². The van der Waals surface area contributed by atoms with E-state index in [0.717, 1.165) is 23.0 Å². The summed E-state index contributed by atoms with van der Waals surface area (Å²) in [7, 11) is 1.97. The summed E-state index contributed by atoms with van der Waals surface area (Å²) in [5.74, 6) is 2.39. The Morgan fingerprint density at radius 1 is 1.07 bits per heavy atom. The zero-order chi connectivity index (χ0) is 20.7. The molecule has 3 heterocycles. The third-order valence-electron chi connectivity index (χ3n) is 5.33. The molecule has 154 valence electrons. The number of anilines is 2. The van der Waals surface area contributed by atoms with Gasteiger partial charge >= 0.3 is 0 Å². The number of benzene rings is 2. The van der Waals surface area contributed by atoms with E-state index in [1.807, 2.05) is 42.3 Å². The standard InChI is InChI=1S/C22H21ClN4O3/c1-26-7-8-27(22-21(26)24-16-5-2-3-6-17(16)25-22)19(28)13-14-11-15(23)20-18(12-14)29-9-4-10-30-20/h2-3,5-6,11-12H,4,7-10,13H2,1H3. The van der Waals surface area contributed by atoms with Crippen LogP contribution in [0, 0.1) is 0 Å². The fraction of sp³-hybridized carbons (Fsp3) is 0.318. The topological polar surface area (TPSA) is 67.8 Å². The maximum atomic E-state index is 13.2. The number of hydrogen-bond donors (Lipinski definition) is 0. The summed E-state index contributed by atoms with van der Waals surface area (Å²) >= 11 is 6.40. The highest BCUT2D eigenvalue weighted by Gasteiger charge is 2.29. The molecule has 0 aliphatic carbocycles. The molecule has 1 amide bonds. The summed E-state index contributed by atoms with van der Waals surface area (Å²) in [6.07, 6.45) is 0.984. The van der Waals surface area contributed by atoms with Crippen LogP contribution in [0.15, 0.2) is 36.4 Å². The first-order chi connectivity index (χ1) is 14.6. The van der Waals surface area contributed by atoms with E-state index in [9.17, 15) is 4.79 Å². The lowest BCUT2D eigenvalue weighted by atomic mass is 10.1. The molecule has 0 spiro atoms. The van der Waals surface area contributed by atoms with Gasteiger partial charge in [0.1, 0.15) is 0 Å². The molecule has 1 aromatic heterocycles. The molecule has 0 atom stereocenters. The Labute approximate surface area is 179 Å². The third-order valence-corrected chi connectivity index (χ3v) is 5.61. The molecule has 0 saturated carbocycles. The van der Waals surface area contributed by atoms with Crippen molar-refractivity contribution >= 4 is 40.2 Å². The van der Waals surface area contributed by atoms with Crippen LogP contribution >= 0.6 is 11.6 Å². The number of hydrogen-bond acceptors (Lipinski definition) is 6. The van der Waals surface area contributed by atoms with Gasteiger partial charge < -0.3 is 14.4 Å².